The smallest absolute Gasteiger partial charge is 0.253 e. The van der Waals surface area contributed by atoms with E-state index >= 15 is 0 Å². The molecule has 0 bridgehead atoms. The van der Waals surface area contributed by atoms with Gasteiger partial charge in [-0.1, -0.05) is 6.92 Å². The van der Waals surface area contributed by atoms with Crippen molar-refractivity contribution < 1.29 is 14.4 Å². The van der Waals surface area contributed by atoms with Crippen LogP contribution >= 0.6 is 0 Å². The zero-order valence-electron chi connectivity index (χ0n) is 18.4. The molecule has 3 amide bonds. The van der Waals surface area contributed by atoms with E-state index in [9.17, 15) is 14.4 Å². The van der Waals surface area contributed by atoms with Gasteiger partial charge in [0.1, 0.15) is 11.6 Å². The van der Waals surface area contributed by atoms with Gasteiger partial charge in [-0.15, -0.1) is 0 Å². The maximum absolute atomic E-state index is 12.8. The summed E-state index contributed by atoms with van der Waals surface area (Å²) in [5.74, 6) is 0.317. The Morgan fingerprint density at radius 1 is 1.22 bits per heavy atom. The van der Waals surface area contributed by atoms with Crippen LogP contribution in [0.3, 0.4) is 0 Å². The Bertz CT molecular complexity index is 1060. The average Bonchev–Trinajstić information content (AvgIpc) is 3.52. The quantitative estimate of drug-likeness (QED) is 0.483. The molecule has 10 heteroatoms. The number of carbonyl (C=O) groups is 3. The number of fused-ring (bicyclic) bond motifs is 1. The number of hydrogen-bond donors (Lipinski definition) is 4. The van der Waals surface area contributed by atoms with Gasteiger partial charge in [-0.05, 0) is 51.8 Å². The summed E-state index contributed by atoms with van der Waals surface area (Å²) in [4.78, 5) is 41.2. The number of rotatable bonds is 7. The number of aromatic nitrogens is 3. The lowest BCUT2D eigenvalue weighted by atomic mass is 9.97. The van der Waals surface area contributed by atoms with Crippen LogP contribution in [0.1, 0.15) is 51.5 Å². The highest BCUT2D eigenvalue weighted by Crippen LogP contribution is 2.28. The molecule has 0 atom stereocenters. The third-order valence-corrected chi connectivity index (χ3v) is 5.69. The zero-order valence-corrected chi connectivity index (χ0v) is 18.4. The minimum Gasteiger partial charge on any atom is -0.367 e. The van der Waals surface area contributed by atoms with Crippen LogP contribution in [0.5, 0.6) is 0 Å². The second-order valence-electron chi connectivity index (χ2n) is 8.35. The molecule has 0 spiro atoms. The van der Waals surface area contributed by atoms with E-state index in [4.69, 9.17) is 0 Å². The van der Waals surface area contributed by atoms with E-state index < -0.39 is 5.91 Å². The third-order valence-electron chi connectivity index (χ3n) is 5.69. The van der Waals surface area contributed by atoms with E-state index in [1.165, 1.54) is 0 Å². The number of hydrogen-bond acceptors (Lipinski definition) is 7. The molecule has 1 saturated carbocycles. The summed E-state index contributed by atoms with van der Waals surface area (Å²) in [5.41, 5.74) is 1.51. The van der Waals surface area contributed by atoms with Gasteiger partial charge < -0.3 is 16.0 Å². The Balaban J connectivity index is 1.63. The molecule has 10 nitrogen and oxygen atoms in total. The molecule has 170 valence electrons. The number of anilines is 2. The standard InChI is InChI=1S/C22H29N7O3/c1-3-19(30)28-21(31)13(2)10-15-12-24-29-18(25-16-4-5-16)11-17(26-20(15)29)27-22(32)14-6-8-23-9-7-14/h10-12,14,16,23,25H,3-9H2,1-2H3,(H,26,27,32)(H,28,30,31). The average molecular weight is 440 g/mol. The predicted molar refractivity (Wildman–Crippen MR) is 121 cm³/mol. The van der Waals surface area contributed by atoms with Gasteiger partial charge in [0.2, 0.25) is 11.8 Å². The maximum atomic E-state index is 12.8. The molecule has 2 fully saturated rings. The summed E-state index contributed by atoms with van der Waals surface area (Å²) in [7, 11) is 0. The fourth-order valence-corrected chi connectivity index (χ4v) is 3.61. The summed E-state index contributed by atoms with van der Waals surface area (Å²) >= 11 is 0. The lowest BCUT2D eigenvalue weighted by Gasteiger charge is -2.21. The summed E-state index contributed by atoms with van der Waals surface area (Å²) in [5, 5.41) is 16.4. The topological polar surface area (TPSA) is 130 Å². The fourth-order valence-electron chi connectivity index (χ4n) is 3.61. The molecular formula is C22H29N7O3. The molecule has 4 N–H and O–H groups in total. The van der Waals surface area contributed by atoms with E-state index in [1.54, 1.807) is 36.7 Å². The largest absolute Gasteiger partial charge is 0.367 e. The molecule has 0 aromatic carbocycles. The molecule has 32 heavy (non-hydrogen) atoms. The van der Waals surface area contributed by atoms with Crippen molar-refractivity contribution >= 4 is 41.1 Å². The van der Waals surface area contributed by atoms with E-state index in [2.05, 4.69) is 31.3 Å². The van der Waals surface area contributed by atoms with Gasteiger partial charge in [-0.25, -0.2) is 4.98 Å². The number of amides is 3. The van der Waals surface area contributed by atoms with Gasteiger partial charge in [0, 0.05) is 35.6 Å². The number of carbonyl (C=O) groups excluding carboxylic acids is 3. The summed E-state index contributed by atoms with van der Waals surface area (Å²) in [6.07, 6.45) is 7.26. The Kier molecular flexibility index (Phi) is 6.50. The molecule has 2 aromatic heterocycles. The molecular weight excluding hydrogens is 410 g/mol. The summed E-state index contributed by atoms with van der Waals surface area (Å²) < 4.78 is 1.67. The summed E-state index contributed by atoms with van der Waals surface area (Å²) in [6, 6.07) is 2.17. The van der Waals surface area contributed by atoms with Crippen LogP contribution in [0.2, 0.25) is 0 Å². The number of piperidine rings is 1. The Morgan fingerprint density at radius 2 is 1.97 bits per heavy atom. The molecule has 0 unspecified atom stereocenters. The van der Waals surface area contributed by atoms with Crippen molar-refractivity contribution in [1.82, 2.24) is 25.2 Å². The van der Waals surface area contributed by atoms with Crippen molar-refractivity contribution in [1.29, 1.82) is 0 Å². The number of nitrogens with zero attached hydrogens (tertiary/aromatic N) is 3. The predicted octanol–water partition coefficient (Wildman–Crippen LogP) is 1.70. The maximum Gasteiger partial charge on any atom is 0.253 e. The Labute approximate surface area is 186 Å². The highest BCUT2D eigenvalue weighted by molar-refractivity contribution is 6.06. The van der Waals surface area contributed by atoms with E-state index in [0.29, 0.717) is 28.6 Å². The first-order valence-corrected chi connectivity index (χ1v) is 11.1. The fraction of sp³-hybridized carbons (Fsp3) is 0.500. The number of imide groups is 1. The molecule has 1 saturated heterocycles. The molecule has 1 aliphatic carbocycles. The van der Waals surface area contributed by atoms with Crippen LogP contribution in [-0.4, -0.2) is 51.5 Å². The minimum atomic E-state index is -0.456. The lowest BCUT2D eigenvalue weighted by Crippen LogP contribution is -2.34. The first kappa shape index (κ1) is 21.9. The van der Waals surface area contributed by atoms with E-state index in [1.807, 2.05) is 0 Å². The third kappa shape index (κ3) is 5.13. The van der Waals surface area contributed by atoms with Crippen LogP contribution in [0.25, 0.3) is 11.7 Å². The highest BCUT2D eigenvalue weighted by atomic mass is 16.2. The Morgan fingerprint density at radius 3 is 2.66 bits per heavy atom. The van der Waals surface area contributed by atoms with Crippen molar-refractivity contribution in [2.45, 2.75) is 52.0 Å². The monoisotopic (exact) mass is 439 g/mol. The normalized spacial score (nSPS) is 17.2. The van der Waals surface area contributed by atoms with Crippen molar-refractivity contribution in [3.8, 4) is 0 Å². The van der Waals surface area contributed by atoms with Crippen LogP contribution < -0.4 is 21.3 Å². The van der Waals surface area contributed by atoms with E-state index in [0.717, 1.165) is 44.6 Å². The SMILES string of the molecule is CCC(=O)NC(=O)C(C)=Cc1cnn2c(NC3CC3)cc(NC(=O)C3CCNCC3)nc12. The van der Waals surface area contributed by atoms with Crippen molar-refractivity contribution in [3.63, 3.8) is 0 Å². The van der Waals surface area contributed by atoms with Gasteiger partial charge in [0.05, 0.1) is 6.20 Å². The molecule has 2 aromatic rings. The minimum absolute atomic E-state index is 0.0361. The molecule has 3 heterocycles. The second kappa shape index (κ2) is 9.47. The first-order valence-electron chi connectivity index (χ1n) is 11.1. The first-order chi connectivity index (χ1) is 15.4. The van der Waals surface area contributed by atoms with Crippen molar-refractivity contribution in [2.24, 2.45) is 5.92 Å². The van der Waals surface area contributed by atoms with E-state index in [-0.39, 0.29) is 24.2 Å². The highest BCUT2D eigenvalue weighted by Gasteiger charge is 2.25. The molecule has 0 radical (unpaired) electrons. The van der Waals surface area contributed by atoms with Crippen molar-refractivity contribution in [2.75, 3.05) is 23.7 Å². The van der Waals surface area contributed by atoms with Crippen LogP contribution in [-0.2, 0) is 14.4 Å². The van der Waals surface area contributed by atoms with Crippen LogP contribution in [0.15, 0.2) is 17.8 Å². The van der Waals surface area contributed by atoms with Crippen LogP contribution in [0.4, 0.5) is 11.6 Å². The second-order valence-corrected chi connectivity index (χ2v) is 8.35. The van der Waals surface area contributed by atoms with Gasteiger partial charge >= 0.3 is 0 Å². The molecule has 1 aliphatic heterocycles. The van der Waals surface area contributed by atoms with Gasteiger partial charge in [-0.3, -0.25) is 19.7 Å². The van der Waals surface area contributed by atoms with Crippen molar-refractivity contribution in [3.05, 3.63) is 23.4 Å². The van der Waals surface area contributed by atoms with Gasteiger partial charge in [0.15, 0.2) is 5.65 Å². The van der Waals surface area contributed by atoms with Crippen LogP contribution in [0, 0.1) is 5.92 Å². The van der Waals surface area contributed by atoms with Gasteiger partial charge in [-0.2, -0.15) is 9.61 Å². The zero-order chi connectivity index (χ0) is 22.7. The Hall–Kier alpha value is -3.27. The molecule has 2 aliphatic rings. The summed E-state index contributed by atoms with van der Waals surface area (Å²) in [6.45, 7) is 4.98. The number of nitrogens with one attached hydrogen (secondary N) is 4. The van der Waals surface area contributed by atoms with Gasteiger partial charge in [0.25, 0.3) is 5.91 Å². The molecule has 4 rings (SSSR count). The lowest BCUT2D eigenvalue weighted by molar-refractivity contribution is -0.128.